The zero-order chi connectivity index (χ0) is 21.1. The molecule has 26 heavy (non-hydrogen) atoms. The molecule has 0 aromatic carbocycles. The Hall–Kier alpha value is -0.463. The van der Waals surface area contributed by atoms with Gasteiger partial charge in [0.15, 0.2) is 0 Å². The molecule has 0 rings (SSSR count). The average Bonchev–Trinajstić information content (AvgIpc) is 2.55. The van der Waals surface area contributed by atoms with Crippen molar-refractivity contribution in [3.63, 3.8) is 0 Å². The van der Waals surface area contributed by atoms with Crippen LogP contribution < -0.4 is 9.59 Å². The summed E-state index contributed by atoms with van der Waals surface area (Å²) in [6.45, 7) is 14.4. The minimum Gasteiger partial charge on any atom is -0.672 e. The maximum Gasteiger partial charge on any atom is 0.0782 e. The molecule has 5 nitrogen and oxygen atoms in total. The van der Waals surface area contributed by atoms with Crippen LogP contribution in [0, 0.1) is 0 Å². The lowest BCUT2D eigenvalue weighted by molar-refractivity contribution is -0.890. The Kier molecular flexibility index (Phi) is 22.5. The van der Waals surface area contributed by atoms with Crippen molar-refractivity contribution < 1.29 is 23.0 Å². The summed E-state index contributed by atoms with van der Waals surface area (Å²) in [5.74, 6) is 0. The quantitative estimate of drug-likeness (QED) is 0.378. The second kappa shape index (κ2) is 19.3. The molecule has 0 unspecified atom stereocenters. The smallest absolute Gasteiger partial charge is 0.0782 e. The molecule has 160 valence electrons. The first-order chi connectivity index (χ1) is 12.0. The minimum absolute atomic E-state index is 1.21. The van der Waals surface area contributed by atoms with Gasteiger partial charge in [-0.05, 0) is 25.7 Å². The molecule has 0 amide bonds. The topological polar surface area (TPSA) is 63.2 Å². The van der Waals surface area contributed by atoms with Gasteiger partial charge in [0.05, 0.1) is 54.4 Å². The highest BCUT2D eigenvalue weighted by Gasteiger charge is 2.12. The Balaban J connectivity index is -0.000000338. The number of nitrogens with zero attached hydrogens (tertiary/aromatic N) is 2. The summed E-state index contributed by atoms with van der Waals surface area (Å²) in [6, 6.07) is 0. The summed E-state index contributed by atoms with van der Waals surface area (Å²) < 4.78 is 10.9. The molecule has 0 N–H and O–H groups in total. The molecule has 0 aromatic heterocycles. The van der Waals surface area contributed by atoms with Crippen LogP contribution in [0.25, 0.3) is 0 Å². The van der Waals surface area contributed by atoms with E-state index in [1.54, 1.807) is 0 Å². The SMILES string of the molecule is CCCC[N+](C)(C)CCCC.CCCC[N+](C)(C)CCCC.O=[Si]([O-])[O-]. The number of hydrogen-bond donors (Lipinski definition) is 0. The zero-order valence-electron chi connectivity index (χ0n) is 19.1. The molecule has 0 aromatic rings. The fourth-order valence-electron chi connectivity index (χ4n) is 2.57. The third-order valence-electron chi connectivity index (χ3n) is 4.47. The van der Waals surface area contributed by atoms with E-state index in [2.05, 4.69) is 55.9 Å². The zero-order valence-corrected chi connectivity index (χ0v) is 20.1. The Morgan fingerprint density at radius 1 is 0.577 bits per heavy atom. The second-order valence-corrected chi connectivity index (χ2v) is 8.93. The lowest BCUT2D eigenvalue weighted by atomic mass is 10.2. The van der Waals surface area contributed by atoms with E-state index >= 15 is 0 Å². The van der Waals surface area contributed by atoms with Gasteiger partial charge in [0.1, 0.15) is 0 Å². The van der Waals surface area contributed by atoms with Crippen LogP contribution in [0.4, 0.5) is 0 Å². The van der Waals surface area contributed by atoms with E-state index in [0.29, 0.717) is 0 Å². The van der Waals surface area contributed by atoms with E-state index in [0.717, 1.165) is 0 Å². The third-order valence-corrected chi connectivity index (χ3v) is 4.47. The highest BCUT2D eigenvalue weighted by Crippen LogP contribution is 2.04. The van der Waals surface area contributed by atoms with Gasteiger partial charge in [0.25, 0.3) is 0 Å². The first-order valence-corrected chi connectivity index (χ1v) is 11.7. The summed E-state index contributed by atoms with van der Waals surface area (Å²) in [7, 11) is 5.72. The Morgan fingerprint density at radius 2 is 0.731 bits per heavy atom. The third kappa shape index (κ3) is 31.3. The van der Waals surface area contributed by atoms with Crippen molar-refractivity contribution in [2.24, 2.45) is 0 Å². The molecule has 0 aliphatic carbocycles. The fraction of sp³-hybridized carbons (Fsp3) is 1.00. The highest BCUT2D eigenvalue weighted by molar-refractivity contribution is 6.17. The minimum atomic E-state index is -3.63. The van der Waals surface area contributed by atoms with Crippen molar-refractivity contribution >= 4 is 9.17 Å². The van der Waals surface area contributed by atoms with Gasteiger partial charge in [-0.15, -0.1) is 0 Å². The Morgan fingerprint density at radius 3 is 0.846 bits per heavy atom. The molecule has 6 heteroatoms. The molecule has 0 saturated carbocycles. The largest absolute Gasteiger partial charge is 0.672 e. The van der Waals surface area contributed by atoms with Crippen LogP contribution in [0.1, 0.15) is 79.1 Å². The van der Waals surface area contributed by atoms with Crippen LogP contribution in [0.3, 0.4) is 0 Å². The second-order valence-electron chi connectivity index (χ2n) is 8.43. The van der Waals surface area contributed by atoms with Crippen molar-refractivity contribution in [2.75, 3.05) is 54.4 Å². The van der Waals surface area contributed by atoms with Crippen LogP contribution >= 0.6 is 0 Å². The molecule has 0 bridgehead atoms. The summed E-state index contributed by atoms with van der Waals surface area (Å²) in [5.41, 5.74) is 0. The van der Waals surface area contributed by atoms with Gasteiger partial charge in [-0.25, -0.2) is 0 Å². The van der Waals surface area contributed by atoms with Crippen LogP contribution in [0.15, 0.2) is 0 Å². The fourth-order valence-corrected chi connectivity index (χ4v) is 2.57. The van der Waals surface area contributed by atoms with Gasteiger partial charge < -0.3 is 23.0 Å². The monoisotopic (exact) mass is 392 g/mol. The van der Waals surface area contributed by atoms with E-state index in [4.69, 9.17) is 14.1 Å². The molecule has 0 radical (unpaired) electrons. The maximum absolute atomic E-state index is 8.52. The summed E-state index contributed by atoms with van der Waals surface area (Å²) >= 11 is 0. The van der Waals surface area contributed by atoms with Gasteiger partial charge in [0.2, 0.25) is 0 Å². The van der Waals surface area contributed by atoms with Crippen LogP contribution in [0.5, 0.6) is 0 Å². The van der Waals surface area contributed by atoms with Crippen molar-refractivity contribution in [1.29, 1.82) is 0 Å². The molecule has 0 fully saturated rings. The predicted molar refractivity (Wildman–Crippen MR) is 110 cm³/mol. The Bertz CT molecular complexity index is 263. The van der Waals surface area contributed by atoms with Crippen LogP contribution in [-0.2, 0) is 4.46 Å². The van der Waals surface area contributed by atoms with E-state index in [1.807, 2.05) is 0 Å². The molecule has 0 atom stereocenters. The predicted octanol–water partition coefficient (Wildman–Crippen LogP) is 2.45. The van der Waals surface area contributed by atoms with E-state index in [9.17, 15) is 0 Å². The number of quaternary nitrogens is 2. The van der Waals surface area contributed by atoms with Crippen molar-refractivity contribution in [2.45, 2.75) is 79.1 Å². The van der Waals surface area contributed by atoms with Gasteiger partial charge in [0, 0.05) is 9.17 Å². The molecule has 0 aliphatic rings. The van der Waals surface area contributed by atoms with E-state index in [1.165, 1.54) is 86.5 Å². The number of hydrogen-bond acceptors (Lipinski definition) is 3. The molecule has 0 spiro atoms. The Labute approximate surface area is 166 Å². The highest BCUT2D eigenvalue weighted by atomic mass is 28.3. The molecule has 0 aliphatic heterocycles. The summed E-state index contributed by atoms with van der Waals surface area (Å²) in [5, 5.41) is 0. The van der Waals surface area contributed by atoms with Gasteiger partial charge >= 0.3 is 0 Å². The lowest BCUT2D eigenvalue weighted by Crippen LogP contribution is -2.41. The molecular weight excluding hydrogens is 344 g/mol. The number of rotatable bonds is 12. The van der Waals surface area contributed by atoms with Crippen molar-refractivity contribution in [1.82, 2.24) is 0 Å². The van der Waals surface area contributed by atoms with Gasteiger partial charge in [-0.1, -0.05) is 53.4 Å². The normalized spacial score (nSPS) is 11.1. The van der Waals surface area contributed by atoms with Crippen molar-refractivity contribution in [3.05, 3.63) is 0 Å². The molecule has 0 saturated heterocycles. The van der Waals surface area contributed by atoms with Crippen molar-refractivity contribution in [3.8, 4) is 0 Å². The van der Waals surface area contributed by atoms with Crippen LogP contribution in [0.2, 0.25) is 0 Å². The van der Waals surface area contributed by atoms with E-state index in [-0.39, 0.29) is 0 Å². The van der Waals surface area contributed by atoms with Gasteiger partial charge in [-0.2, -0.15) is 0 Å². The summed E-state index contributed by atoms with van der Waals surface area (Å²) in [6.07, 6.45) is 10.8. The first kappa shape index (κ1) is 30.3. The lowest BCUT2D eigenvalue weighted by Gasteiger charge is -2.29. The first-order valence-electron chi connectivity index (χ1n) is 10.5. The average molecular weight is 393 g/mol. The molecular formula is C20H48N2O3Si. The van der Waals surface area contributed by atoms with E-state index < -0.39 is 9.17 Å². The van der Waals surface area contributed by atoms with Crippen LogP contribution in [-0.4, -0.2) is 72.5 Å². The van der Waals surface area contributed by atoms with Gasteiger partial charge in [-0.3, -0.25) is 0 Å². The maximum atomic E-state index is 8.52. The number of unbranched alkanes of at least 4 members (excludes halogenated alkanes) is 4. The molecule has 0 heterocycles. The summed E-state index contributed by atoms with van der Waals surface area (Å²) in [4.78, 5) is 17.0. The standard InChI is InChI=1S/2C10H24N.O3Si/c2*1-5-7-9-11(3,4)10-8-6-2;1-4(2)3/h2*5-10H2,1-4H3;/q2*+1;-2.